The van der Waals surface area contributed by atoms with Crippen molar-refractivity contribution in [3.05, 3.63) is 65.2 Å². The minimum atomic E-state index is -0.480. The summed E-state index contributed by atoms with van der Waals surface area (Å²) in [5.41, 5.74) is 2.31. The van der Waals surface area contributed by atoms with Crippen molar-refractivity contribution in [2.75, 3.05) is 7.11 Å². The largest absolute Gasteiger partial charge is 0.496 e. The molecule has 0 aliphatic rings. The third-order valence-electron chi connectivity index (χ3n) is 3.43. The highest BCUT2D eigenvalue weighted by Gasteiger charge is 2.17. The molecule has 0 fully saturated rings. The van der Waals surface area contributed by atoms with Crippen LogP contribution >= 0.6 is 0 Å². The highest BCUT2D eigenvalue weighted by atomic mass is 16.6. The first-order chi connectivity index (χ1) is 11.4. The fourth-order valence-corrected chi connectivity index (χ4v) is 2.29. The second kappa shape index (κ2) is 7.97. The Morgan fingerprint density at radius 1 is 1.00 bits per heavy atom. The number of hydrogen-bond donors (Lipinski definition) is 1. The highest BCUT2D eigenvalue weighted by Crippen LogP contribution is 2.17. The number of para-hydroxylation sites is 1. The molecule has 1 N–H and O–H groups in total. The fourth-order valence-electron chi connectivity index (χ4n) is 2.29. The van der Waals surface area contributed by atoms with Crippen LogP contribution in [-0.4, -0.2) is 18.7 Å². The zero-order valence-electron chi connectivity index (χ0n) is 14.8. The Bertz CT molecular complexity index is 672. The monoisotopic (exact) mass is 327 g/mol. The Labute approximate surface area is 143 Å². The standard InChI is InChI=1S/C20H25NO3/c1-20(2,3)24-19(22)16-11-9-15(10-12-16)13-21-14-17-7-5-6-8-18(17)23-4/h5-12,21H,13-14H2,1-4H3. The molecule has 0 atom stereocenters. The SMILES string of the molecule is COc1ccccc1CNCc1ccc(C(=O)OC(C)(C)C)cc1. The summed E-state index contributed by atoms with van der Waals surface area (Å²) in [5, 5.41) is 3.38. The maximum absolute atomic E-state index is 12.0. The second-order valence-electron chi connectivity index (χ2n) is 6.61. The average Bonchev–Trinajstić information content (AvgIpc) is 2.54. The number of carbonyl (C=O) groups excluding carboxylic acids is 1. The first-order valence-electron chi connectivity index (χ1n) is 8.04. The molecule has 4 nitrogen and oxygen atoms in total. The molecule has 2 rings (SSSR count). The van der Waals surface area contributed by atoms with E-state index in [0.717, 1.165) is 23.4 Å². The highest BCUT2D eigenvalue weighted by molar-refractivity contribution is 5.89. The molecule has 0 spiro atoms. The third kappa shape index (κ3) is 5.39. The van der Waals surface area contributed by atoms with E-state index in [9.17, 15) is 4.79 Å². The molecule has 0 bridgehead atoms. The summed E-state index contributed by atoms with van der Waals surface area (Å²) < 4.78 is 10.7. The summed E-state index contributed by atoms with van der Waals surface area (Å²) in [6.07, 6.45) is 0. The lowest BCUT2D eigenvalue weighted by atomic mass is 10.1. The first kappa shape index (κ1) is 18.0. The van der Waals surface area contributed by atoms with Crippen LogP contribution in [0.25, 0.3) is 0 Å². The predicted molar refractivity (Wildman–Crippen MR) is 95.1 cm³/mol. The van der Waals surface area contributed by atoms with Gasteiger partial charge in [-0.2, -0.15) is 0 Å². The molecule has 0 amide bonds. The van der Waals surface area contributed by atoms with E-state index in [1.807, 2.05) is 57.2 Å². The zero-order chi connectivity index (χ0) is 17.6. The van der Waals surface area contributed by atoms with Gasteiger partial charge in [0, 0.05) is 18.7 Å². The van der Waals surface area contributed by atoms with Crippen molar-refractivity contribution >= 4 is 5.97 Å². The number of methoxy groups -OCH3 is 1. The van der Waals surface area contributed by atoms with E-state index in [1.54, 1.807) is 19.2 Å². The van der Waals surface area contributed by atoms with Gasteiger partial charge in [-0.15, -0.1) is 0 Å². The molecular formula is C20H25NO3. The normalized spacial score (nSPS) is 11.2. The number of carbonyl (C=O) groups is 1. The average molecular weight is 327 g/mol. The van der Waals surface area contributed by atoms with Gasteiger partial charge >= 0.3 is 5.97 Å². The smallest absolute Gasteiger partial charge is 0.338 e. The van der Waals surface area contributed by atoms with Crippen molar-refractivity contribution in [2.24, 2.45) is 0 Å². The molecule has 0 heterocycles. The van der Waals surface area contributed by atoms with Gasteiger partial charge in [-0.3, -0.25) is 0 Å². The van der Waals surface area contributed by atoms with Crippen molar-refractivity contribution in [1.29, 1.82) is 0 Å². The Balaban J connectivity index is 1.89. The maximum Gasteiger partial charge on any atom is 0.338 e. The molecule has 0 unspecified atom stereocenters. The van der Waals surface area contributed by atoms with Crippen LogP contribution in [0.5, 0.6) is 5.75 Å². The van der Waals surface area contributed by atoms with Crippen LogP contribution in [0.15, 0.2) is 48.5 Å². The molecule has 0 saturated heterocycles. The zero-order valence-corrected chi connectivity index (χ0v) is 14.8. The molecule has 2 aromatic rings. The van der Waals surface area contributed by atoms with Crippen molar-refractivity contribution in [3.63, 3.8) is 0 Å². The Morgan fingerprint density at radius 3 is 2.29 bits per heavy atom. The van der Waals surface area contributed by atoms with Crippen LogP contribution in [0, 0.1) is 0 Å². The summed E-state index contributed by atoms with van der Waals surface area (Å²) >= 11 is 0. The lowest BCUT2D eigenvalue weighted by Gasteiger charge is -2.19. The lowest BCUT2D eigenvalue weighted by molar-refractivity contribution is 0.00695. The van der Waals surface area contributed by atoms with Crippen molar-refractivity contribution in [1.82, 2.24) is 5.32 Å². The van der Waals surface area contributed by atoms with Gasteiger partial charge in [0.1, 0.15) is 11.4 Å². The van der Waals surface area contributed by atoms with Crippen LogP contribution in [0.3, 0.4) is 0 Å². The van der Waals surface area contributed by atoms with E-state index in [-0.39, 0.29) is 5.97 Å². The summed E-state index contributed by atoms with van der Waals surface area (Å²) in [6, 6.07) is 15.4. The topological polar surface area (TPSA) is 47.6 Å². The molecule has 4 heteroatoms. The molecular weight excluding hydrogens is 302 g/mol. The van der Waals surface area contributed by atoms with Gasteiger partial charge in [-0.25, -0.2) is 4.79 Å². The Morgan fingerprint density at radius 2 is 1.67 bits per heavy atom. The summed E-state index contributed by atoms with van der Waals surface area (Å²) in [4.78, 5) is 12.0. The van der Waals surface area contributed by atoms with Crippen molar-refractivity contribution in [3.8, 4) is 5.75 Å². The van der Waals surface area contributed by atoms with Crippen LogP contribution in [-0.2, 0) is 17.8 Å². The van der Waals surface area contributed by atoms with E-state index >= 15 is 0 Å². The minimum absolute atomic E-state index is 0.295. The van der Waals surface area contributed by atoms with Gasteiger partial charge in [-0.05, 0) is 44.5 Å². The Hall–Kier alpha value is -2.33. The van der Waals surface area contributed by atoms with Crippen LogP contribution in [0.2, 0.25) is 0 Å². The molecule has 128 valence electrons. The number of nitrogens with one attached hydrogen (secondary N) is 1. The van der Waals surface area contributed by atoms with Gasteiger partial charge < -0.3 is 14.8 Å². The van der Waals surface area contributed by atoms with Gasteiger partial charge in [0.05, 0.1) is 12.7 Å². The van der Waals surface area contributed by atoms with Crippen molar-refractivity contribution in [2.45, 2.75) is 39.5 Å². The lowest BCUT2D eigenvalue weighted by Crippen LogP contribution is -2.23. The molecule has 0 radical (unpaired) electrons. The van der Waals surface area contributed by atoms with Gasteiger partial charge in [0.25, 0.3) is 0 Å². The fraction of sp³-hybridized carbons (Fsp3) is 0.350. The second-order valence-corrected chi connectivity index (χ2v) is 6.61. The summed E-state index contributed by atoms with van der Waals surface area (Å²) in [5.74, 6) is 0.585. The molecule has 0 aromatic heterocycles. The van der Waals surface area contributed by atoms with E-state index in [2.05, 4.69) is 5.32 Å². The summed E-state index contributed by atoms with van der Waals surface area (Å²) in [7, 11) is 1.67. The van der Waals surface area contributed by atoms with E-state index in [1.165, 1.54) is 0 Å². The quantitative estimate of drug-likeness (QED) is 0.816. The molecule has 24 heavy (non-hydrogen) atoms. The van der Waals surface area contributed by atoms with Gasteiger partial charge in [0.2, 0.25) is 0 Å². The van der Waals surface area contributed by atoms with E-state index < -0.39 is 5.60 Å². The number of esters is 1. The third-order valence-corrected chi connectivity index (χ3v) is 3.43. The minimum Gasteiger partial charge on any atom is -0.496 e. The van der Waals surface area contributed by atoms with Gasteiger partial charge in [0.15, 0.2) is 0 Å². The van der Waals surface area contributed by atoms with Gasteiger partial charge in [-0.1, -0.05) is 30.3 Å². The van der Waals surface area contributed by atoms with Crippen LogP contribution in [0.1, 0.15) is 42.3 Å². The first-order valence-corrected chi connectivity index (χ1v) is 8.04. The van der Waals surface area contributed by atoms with Crippen molar-refractivity contribution < 1.29 is 14.3 Å². The summed E-state index contributed by atoms with van der Waals surface area (Å²) in [6.45, 7) is 7.02. The molecule has 0 saturated carbocycles. The van der Waals surface area contributed by atoms with Crippen LogP contribution < -0.4 is 10.1 Å². The number of ether oxygens (including phenoxy) is 2. The number of rotatable bonds is 6. The molecule has 0 aliphatic carbocycles. The predicted octanol–water partition coefficient (Wildman–Crippen LogP) is 3.94. The number of hydrogen-bond acceptors (Lipinski definition) is 4. The van der Waals surface area contributed by atoms with Crippen LogP contribution in [0.4, 0.5) is 0 Å². The number of benzene rings is 2. The Kier molecular flexibility index (Phi) is 5.99. The molecule has 2 aromatic carbocycles. The van der Waals surface area contributed by atoms with E-state index in [4.69, 9.17) is 9.47 Å². The van der Waals surface area contributed by atoms with E-state index in [0.29, 0.717) is 12.1 Å². The maximum atomic E-state index is 12.0. The molecule has 0 aliphatic heterocycles.